The zero-order valence-corrected chi connectivity index (χ0v) is 9.62. The van der Waals surface area contributed by atoms with Crippen LogP contribution in [0.25, 0.3) is 0 Å². The predicted molar refractivity (Wildman–Crippen MR) is 62.9 cm³/mol. The molecule has 0 bridgehead atoms. The summed E-state index contributed by atoms with van der Waals surface area (Å²) in [5.74, 6) is -0.229. The second-order valence-corrected chi connectivity index (χ2v) is 4.57. The highest BCUT2D eigenvalue weighted by molar-refractivity contribution is 6.30. The van der Waals surface area contributed by atoms with Gasteiger partial charge in [0.25, 0.3) is 0 Å². The van der Waals surface area contributed by atoms with E-state index in [9.17, 15) is 9.50 Å². The Morgan fingerprint density at radius 1 is 1.38 bits per heavy atom. The van der Waals surface area contributed by atoms with Gasteiger partial charge in [0, 0.05) is 0 Å². The van der Waals surface area contributed by atoms with Crippen LogP contribution in [0.3, 0.4) is 0 Å². The Morgan fingerprint density at radius 2 is 2.19 bits per heavy atom. The molecular formula is C13H14ClFO. The van der Waals surface area contributed by atoms with Crippen molar-refractivity contribution in [1.82, 2.24) is 0 Å². The fraction of sp³-hybridized carbons (Fsp3) is 0.385. The van der Waals surface area contributed by atoms with E-state index in [1.54, 1.807) is 6.07 Å². The minimum absolute atomic E-state index is 0.0721. The van der Waals surface area contributed by atoms with Gasteiger partial charge in [0.15, 0.2) is 0 Å². The number of aliphatic hydroxyl groups is 1. The molecular weight excluding hydrogens is 227 g/mol. The third-order valence-corrected chi connectivity index (χ3v) is 3.33. The second-order valence-electron chi connectivity index (χ2n) is 4.16. The molecule has 1 N–H and O–H groups in total. The van der Waals surface area contributed by atoms with Crippen molar-refractivity contribution in [2.75, 3.05) is 0 Å². The first kappa shape index (κ1) is 11.6. The number of halogens is 2. The molecule has 2 unspecified atom stereocenters. The molecule has 2 atom stereocenters. The Balaban J connectivity index is 2.16. The zero-order chi connectivity index (χ0) is 11.5. The van der Waals surface area contributed by atoms with Crippen LogP contribution in [-0.4, -0.2) is 5.11 Å². The fourth-order valence-electron chi connectivity index (χ4n) is 2.07. The first-order chi connectivity index (χ1) is 7.68. The Hall–Kier alpha value is -0.860. The van der Waals surface area contributed by atoms with E-state index in [1.165, 1.54) is 12.1 Å². The Bertz CT molecular complexity index is 403. The molecule has 1 aromatic carbocycles. The Kier molecular flexibility index (Phi) is 3.62. The first-order valence-electron chi connectivity index (χ1n) is 5.46. The summed E-state index contributed by atoms with van der Waals surface area (Å²) in [6, 6.07) is 4.42. The normalized spacial score (nSPS) is 22.1. The Morgan fingerprint density at radius 3 is 2.81 bits per heavy atom. The summed E-state index contributed by atoms with van der Waals surface area (Å²) in [5.41, 5.74) is 0.701. The molecule has 86 valence electrons. The second kappa shape index (κ2) is 4.98. The number of rotatable bonds is 2. The van der Waals surface area contributed by atoms with Gasteiger partial charge in [-0.15, -0.1) is 0 Å². The van der Waals surface area contributed by atoms with Crippen molar-refractivity contribution in [2.45, 2.75) is 25.4 Å². The smallest absolute Gasteiger partial charge is 0.141 e. The van der Waals surface area contributed by atoms with Crippen LogP contribution in [0.15, 0.2) is 30.4 Å². The van der Waals surface area contributed by atoms with Crippen LogP contribution in [0.4, 0.5) is 4.39 Å². The molecule has 1 nitrogen and oxygen atoms in total. The fourth-order valence-corrected chi connectivity index (χ4v) is 2.26. The first-order valence-corrected chi connectivity index (χ1v) is 5.84. The van der Waals surface area contributed by atoms with Crippen LogP contribution >= 0.6 is 11.6 Å². The van der Waals surface area contributed by atoms with Crippen molar-refractivity contribution in [3.63, 3.8) is 0 Å². The average Bonchev–Trinajstić information content (AvgIpc) is 2.33. The highest BCUT2D eigenvalue weighted by Crippen LogP contribution is 2.32. The molecule has 2 rings (SSSR count). The number of hydrogen-bond acceptors (Lipinski definition) is 1. The molecule has 1 aliphatic rings. The van der Waals surface area contributed by atoms with Gasteiger partial charge < -0.3 is 5.11 Å². The maximum Gasteiger partial charge on any atom is 0.141 e. The van der Waals surface area contributed by atoms with Gasteiger partial charge in [-0.25, -0.2) is 4.39 Å². The zero-order valence-electron chi connectivity index (χ0n) is 8.87. The van der Waals surface area contributed by atoms with Crippen LogP contribution in [0.1, 0.15) is 30.9 Å². The average molecular weight is 241 g/mol. The number of aliphatic hydroxyl groups excluding tert-OH is 1. The van der Waals surface area contributed by atoms with Gasteiger partial charge in [0.2, 0.25) is 0 Å². The topological polar surface area (TPSA) is 20.2 Å². The van der Waals surface area contributed by atoms with E-state index < -0.39 is 11.9 Å². The van der Waals surface area contributed by atoms with E-state index in [1.807, 2.05) is 0 Å². The molecule has 0 fully saturated rings. The summed E-state index contributed by atoms with van der Waals surface area (Å²) in [6.07, 6.45) is 6.49. The third-order valence-electron chi connectivity index (χ3n) is 3.04. The van der Waals surface area contributed by atoms with Crippen molar-refractivity contribution in [3.05, 3.63) is 46.8 Å². The van der Waals surface area contributed by atoms with Crippen LogP contribution in [-0.2, 0) is 0 Å². The van der Waals surface area contributed by atoms with E-state index in [0.29, 0.717) is 5.56 Å². The molecule has 0 heterocycles. The third kappa shape index (κ3) is 2.45. The molecule has 0 aromatic heterocycles. The molecule has 1 aliphatic carbocycles. The highest BCUT2D eigenvalue weighted by atomic mass is 35.5. The largest absolute Gasteiger partial charge is 0.388 e. The van der Waals surface area contributed by atoms with Gasteiger partial charge in [-0.05, 0) is 42.9 Å². The molecule has 0 radical (unpaired) electrons. The van der Waals surface area contributed by atoms with Crippen molar-refractivity contribution < 1.29 is 9.50 Å². The van der Waals surface area contributed by atoms with Crippen molar-refractivity contribution >= 4 is 11.6 Å². The quantitative estimate of drug-likeness (QED) is 0.778. The maximum atomic E-state index is 13.0. The van der Waals surface area contributed by atoms with Gasteiger partial charge in [0.05, 0.1) is 11.1 Å². The highest BCUT2D eigenvalue weighted by Gasteiger charge is 2.21. The molecule has 1 aromatic rings. The van der Waals surface area contributed by atoms with Crippen molar-refractivity contribution in [1.29, 1.82) is 0 Å². The van der Waals surface area contributed by atoms with Gasteiger partial charge in [-0.3, -0.25) is 0 Å². The molecule has 0 saturated carbocycles. The molecule has 0 amide bonds. The van der Waals surface area contributed by atoms with Crippen molar-refractivity contribution in [3.8, 4) is 0 Å². The van der Waals surface area contributed by atoms with Gasteiger partial charge in [0.1, 0.15) is 5.82 Å². The van der Waals surface area contributed by atoms with E-state index in [0.717, 1.165) is 19.3 Å². The minimum atomic E-state index is -0.553. The minimum Gasteiger partial charge on any atom is -0.388 e. The lowest BCUT2D eigenvalue weighted by Crippen LogP contribution is -2.14. The monoisotopic (exact) mass is 240 g/mol. The summed E-state index contributed by atoms with van der Waals surface area (Å²) in [6.45, 7) is 0. The van der Waals surface area contributed by atoms with Crippen LogP contribution < -0.4 is 0 Å². The lowest BCUT2D eigenvalue weighted by molar-refractivity contribution is 0.102. The lowest BCUT2D eigenvalue weighted by Gasteiger charge is -2.24. The van der Waals surface area contributed by atoms with E-state index in [-0.39, 0.29) is 10.9 Å². The van der Waals surface area contributed by atoms with Crippen molar-refractivity contribution in [2.24, 2.45) is 5.92 Å². The Labute approximate surface area is 99.6 Å². The lowest BCUT2D eigenvalue weighted by atomic mass is 9.86. The van der Waals surface area contributed by atoms with Gasteiger partial charge in [-0.2, -0.15) is 0 Å². The molecule has 0 spiro atoms. The molecule has 0 saturated heterocycles. The van der Waals surface area contributed by atoms with Gasteiger partial charge in [-0.1, -0.05) is 29.8 Å². The summed E-state index contributed by atoms with van der Waals surface area (Å²) in [5, 5.41) is 10.2. The van der Waals surface area contributed by atoms with Crippen LogP contribution in [0.2, 0.25) is 5.02 Å². The molecule has 0 aliphatic heterocycles. The summed E-state index contributed by atoms with van der Waals surface area (Å²) < 4.78 is 13.0. The van der Waals surface area contributed by atoms with Gasteiger partial charge >= 0.3 is 0 Å². The maximum absolute atomic E-state index is 13.0. The van der Waals surface area contributed by atoms with E-state index >= 15 is 0 Å². The summed E-state index contributed by atoms with van der Waals surface area (Å²) >= 11 is 5.70. The predicted octanol–water partition coefficient (Wildman–Crippen LogP) is 3.87. The molecule has 16 heavy (non-hydrogen) atoms. The summed E-state index contributed by atoms with van der Waals surface area (Å²) in [7, 11) is 0. The molecule has 3 heteroatoms. The number of allylic oxidation sites excluding steroid dienone is 2. The standard InChI is InChI=1S/C13H14ClFO/c14-11-8-10(6-7-12(11)15)13(16)9-4-2-1-3-5-9/h1-2,6-9,13,16H,3-5H2. The van der Waals surface area contributed by atoms with Crippen LogP contribution in [0.5, 0.6) is 0 Å². The van der Waals surface area contributed by atoms with E-state index in [4.69, 9.17) is 11.6 Å². The number of benzene rings is 1. The summed E-state index contributed by atoms with van der Waals surface area (Å²) in [4.78, 5) is 0. The number of hydrogen-bond donors (Lipinski definition) is 1. The van der Waals surface area contributed by atoms with E-state index in [2.05, 4.69) is 12.2 Å². The SMILES string of the molecule is OC(c1ccc(F)c(Cl)c1)C1CC=CCC1. The van der Waals surface area contributed by atoms with Crippen LogP contribution in [0, 0.1) is 11.7 Å².